The summed E-state index contributed by atoms with van der Waals surface area (Å²) in [6.45, 7) is 14.1. The van der Waals surface area contributed by atoms with E-state index in [4.69, 9.17) is 5.26 Å². The number of hydrogen-bond acceptors (Lipinski definition) is 2. The highest BCUT2D eigenvalue weighted by atomic mass is 19.1. The molecule has 0 radical (unpaired) electrons. The Morgan fingerprint density at radius 2 is 1.90 bits per heavy atom. The molecule has 0 amide bonds. The Hall–Kier alpha value is -3.38. The molecular weight excluding hydrogens is 371 g/mol. The Labute approximate surface area is 180 Å². The summed E-state index contributed by atoms with van der Waals surface area (Å²) in [5.41, 5.74) is 4.66. The highest BCUT2D eigenvalue weighted by molar-refractivity contribution is 5.75. The first-order valence-corrected chi connectivity index (χ1v) is 9.51. The molecule has 2 aromatic carbocycles. The van der Waals surface area contributed by atoms with Crippen LogP contribution in [0, 0.1) is 17.1 Å². The van der Waals surface area contributed by atoms with Gasteiger partial charge >= 0.3 is 0 Å². The van der Waals surface area contributed by atoms with Gasteiger partial charge in [-0.3, -0.25) is 0 Å². The Bertz CT molecular complexity index is 993. The van der Waals surface area contributed by atoms with Crippen molar-refractivity contribution in [3.63, 3.8) is 0 Å². The number of nitrogens with one attached hydrogen (secondary N) is 1. The number of halogens is 1. The molecule has 2 aromatic rings. The molecule has 0 aliphatic carbocycles. The van der Waals surface area contributed by atoms with Crippen molar-refractivity contribution in [3.05, 3.63) is 114 Å². The molecule has 1 N–H and O–H groups in total. The third-order valence-electron chi connectivity index (χ3n) is 5.26. The van der Waals surface area contributed by atoms with E-state index in [-0.39, 0.29) is 18.4 Å². The maximum absolute atomic E-state index is 13.7. The van der Waals surface area contributed by atoms with Gasteiger partial charge in [-0.15, -0.1) is 0 Å². The molecule has 3 heteroatoms. The molecule has 0 aliphatic rings. The second kappa shape index (κ2) is 11.0. The molecule has 0 saturated heterocycles. The van der Waals surface area contributed by atoms with Gasteiger partial charge in [0.05, 0.1) is 5.56 Å². The number of nitrogens with zero attached hydrogens (tertiary/aromatic N) is 1. The summed E-state index contributed by atoms with van der Waals surface area (Å²) in [5.74, 6) is -0.506. The van der Waals surface area contributed by atoms with Gasteiger partial charge in [0.2, 0.25) is 0 Å². The number of hydrogen-bond donors (Lipinski definition) is 1. The van der Waals surface area contributed by atoms with Crippen molar-refractivity contribution >= 4 is 5.57 Å². The zero-order chi connectivity index (χ0) is 21.4. The minimum absolute atomic E-state index is 0. The average molecular weight is 403 g/mol. The lowest BCUT2D eigenvalue weighted by Gasteiger charge is -2.33. The zero-order valence-corrected chi connectivity index (χ0v) is 17.3. The Morgan fingerprint density at radius 1 is 1.23 bits per heavy atom. The van der Waals surface area contributed by atoms with Crippen molar-refractivity contribution < 1.29 is 4.39 Å². The lowest BCUT2D eigenvalue weighted by Crippen LogP contribution is -2.26. The van der Waals surface area contributed by atoms with Crippen molar-refractivity contribution in [1.29, 1.82) is 5.26 Å². The monoisotopic (exact) mass is 402 g/mol. The van der Waals surface area contributed by atoms with Gasteiger partial charge in [-0.2, -0.15) is 5.26 Å². The zero-order valence-electron chi connectivity index (χ0n) is 17.3. The normalized spacial score (nSPS) is 13.4. The maximum atomic E-state index is 13.7. The number of nitriles is 1. The predicted octanol–water partition coefficient (Wildman–Crippen LogP) is 7.28. The van der Waals surface area contributed by atoms with Gasteiger partial charge < -0.3 is 5.32 Å². The second-order valence-electron chi connectivity index (χ2n) is 7.20. The van der Waals surface area contributed by atoms with E-state index < -0.39 is 5.82 Å². The molecule has 2 rings (SSSR count). The van der Waals surface area contributed by atoms with Crippen LogP contribution in [0.4, 0.5) is 4.39 Å². The topological polar surface area (TPSA) is 35.8 Å². The SMILES string of the molecule is C.C=CNC(=C)CC(C)(/C(C)=C/C(=C\C)c1ccc(F)c(C#N)c1)c1ccccc1. The van der Waals surface area contributed by atoms with E-state index in [0.29, 0.717) is 6.42 Å². The molecule has 156 valence electrons. The van der Waals surface area contributed by atoms with E-state index >= 15 is 0 Å². The van der Waals surface area contributed by atoms with E-state index in [1.165, 1.54) is 11.6 Å². The summed E-state index contributed by atoms with van der Waals surface area (Å²) < 4.78 is 13.7. The molecular formula is C27H31FN2. The molecule has 0 bridgehead atoms. The fraction of sp³-hybridized carbons (Fsp3) is 0.222. The van der Waals surface area contributed by atoms with Crippen molar-refractivity contribution in [2.24, 2.45) is 0 Å². The van der Waals surface area contributed by atoms with Gasteiger partial charge in [0.1, 0.15) is 11.9 Å². The minimum atomic E-state index is -0.506. The molecule has 1 atom stereocenters. The first-order valence-electron chi connectivity index (χ1n) is 9.51. The number of rotatable bonds is 8. The Kier molecular flexibility index (Phi) is 9.02. The maximum Gasteiger partial charge on any atom is 0.140 e. The largest absolute Gasteiger partial charge is 0.366 e. The van der Waals surface area contributed by atoms with Crippen molar-refractivity contribution in [1.82, 2.24) is 5.32 Å². The molecule has 0 saturated carbocycles. The highest BCUT2D eigenvalue weighted by Crippen LogP contribution is 2.38. The molecule has 0 heterocycles. The van der Waals surface area contributed by atoms with Gasteiger partial charge in [-0.1, -0.05) is 81.6 Å². The van der Waals surface area contributed by atoms with E-state index in [0.717, 1.165) is 22.4 Å². The van der Waals surface area contributed by atoms with Crippen LogP contribution < -0.4 is 5.32 Å². The van der Waals surface area contributed by atoms with E-state index in [2.05, 4.69) is 50.5 Å². The smallest absolute Gasteiger partial charge is 0.140 e. The van der Waals surface area contributed by atoms with E-state index in [1.807, 2.05) is 37.3 Å². The van der Waals surface area contributed by atoms with E-state index in [1.54, 1.807) is 18.3 Å². The summed E-state index contributed by atoms with van der Waals surface area (Å²) >= 11 is 0. The molecule has 0 spiro atoms. The number of allylic oxidation sites excluding steroid dienone is 5. The molecule has 1 unspecified atom stereocenters. The lowest BCUT2D eigenvalue weighted by molar-refractivity contribution is 0.540. The van der Waals surface area contributed by atoms with Crippen molar-refractivity contribution in [3.8, 4) is 6.07 Å². The van der Waals surface area contributed by atoms with Crippen LogP contribution in [-0.2, 0) is 5.41 Å². The van der Waals surface area contributed by atoms with Crippen LogP contribution in [0.5, 0.6) is 0 Å². The molecule has 2 nitrogen and oxygen atoms in total. The van der Waals surface area contributed by atoms with Crippen molar-refractivity contribution in [2.75, 3.05) is 0 Å². The van der Waals surface area contributed by atoms with Crippen LogP contribution in [0.15, 0.2) is 91.3 Å². The molecule has 0 aliphatic heterocycles. The van der Waals surface area contributed by atoms with E-state index in [9.17, 15) is 4.39 Å². The minimum Gasteiger partial charge on any atom is -0.366 e. The summed E-state index contributed by atoms with van der Waals surface area (Å²) in [5, 5.41) is 12.3. The molecule has 0 fully saturated rings. The first kappa shape index (κ1) is 24.7. The van der Waals surface area contributed by atoms with Crippen LogP contribution in [0.25, 0.3) is 5.57 Å². The van der Waals surface area contributed by atoms with Gasteiger partial charge in [-0.05, 0) is 55.3 Å². The van der Waals surface area contributed by atoms with Crippen LogP contribution in [0.1, 0.15) is 51.3 Å². The highest BCUT2D eigenvalue weighted by Gasteiger charge is 2.29. The van der Waals surface area contributed by atoms with Crippen LogP contribution in [-0.4, -0.2) is 0 Å². The standard InChI is InChI=1S/C26H27FN2.CH4/c1-6-21(22-13-14-25(27)23(16-22)18-28)15-19(3)26(5,17-20(4)29-7-2)24-11-9-8-10-12-24;/h6-16,29H,2,4,17H2,1,3,5H3;1H4/b19-15+,21-6+;. The van der Waals surface area contributed by atoms with Crippen LogP contribution in [0.3, 0.4) is 0 Å². The second-order valence-corrected chi connectivity index (χ2v) is 7.20. The lowest BCUT2D eigenvalue weighted by atomic mass is 9.72. The summed E-state index contributed by atoms with van der Waals surface area (Å²) in [6, 6.07) is 16.8. The van der Waals surface area contributed by atoms with Gasteiger partial charge in [0.15, 0.2) is 0 Å². The molecule has 30 heavy (non-hydrogen) atoms. The fourth-order valence-corrected chi connectivity index (χ4v) is 3.41. The van der Waals surface area contributed by atoms with Crippen LogP contribution in [0.2, 0.25) is 0 Å². The average Bonchev–Trinajstić information content (AvgIpc) is 2.73. The van der Waals surface area contributed by atoms with Crippen molar-refractivity contribution in [2.45, 2.75) is 40.0 Å². The summed E-state index contributed by atoms with van der Waals surface area (Å²) in [7, 11) is 0. The molecule has 0 aromatic heterocycles. The quantitative estimate of drug-likeness (QED) is 0.471. The van der Waals surface area contributed by atoms with Gasteiger partial charge in [0, 0.05) is 11.1 Å². The third-order valence-corrected chi connectivity index (χ3v) is 5.26. The fourth-order valence-electron chi connectivity index (χ4n) is 3.41. The van der Waals surface area contributed by atoms with Crippen LogP contribution >= 0.6 is 0 Å². The van der Waals surface area contributed by atoms with Gasteiger partial charge in [0.25, 0.3) is 0 Å². The Balaban J connectivity index is 0.00000450. The number of benzene rings is 2. The summed E-state index contributed by atoms with van der Waals surface area (Å²) in [6.07, 6.45) is 6.39. The van der Waals surface area contributed by atoms with Gasteiger partial charge in [-0.25, -0.2) is 4.39 Å². The summed E-state index contributed by atoms with van der Waals surface area (Å²) in [4.78, 5) is 0. The Morgan fingerprint density at radius 3 is 2.47 bits per heavy atom. The third kappa shape index (κ3) is 5.58. The predicted molar refractivity (Wildman–Crippen MR) is 126 cm³/mol. The first-order chi connectivity index (χ1) is 13.8.